The minimum atomic E-state index is 0.0392. The summed E-state index contributed by atoms with van der Waals surface area (Å²) in [5, 5.41) is 3.89. The van der Waals surface area contributed by atoms with Crippen LogP contribution in [0.5, 0.6) is 5.75 Å². The minimum Gasteiger partial charge on any atom is -0.493 e. The smallest absolute Gasteiger partial charge is 0.265 e. The highest BCUT2D eigenvalue weighted by Crippen LogP contribution is 2.32. The zero-order valence-corrected chi connectivity index (χ0v) is 16.1. The molecule has 3 aromatic rings. The second-order valence-electron chi connectivity index (χ2n) is 6.01. The molecule has 0 atom stereocenters. The highest BCUT2D eigenvalue weighted by molar-refractivity contribution is 7.16. The van der Waals surface area contributed by atoms with Crippen molar-refractivity contribution in [1.82, 2.24) is 14.9 Å². The van der Waals surface area contributed by atoms with Crippen LogP contribution in [0.3, 0.4) is 0 Å². The molecule has 134 valence electrons. The standard InChI is InChI=1S/C19H19N3O2S2/c1-2-22(8-5-17-20-7-10-25-17)19(23)16-12-21-18(26-16)14-3-4-15-13(11-14)6-9-24-15/h3-4,7,10-12H,2,5-6,8-9H2,1H3. The number of aromatic nitrogens is 2. The average Bonchev–Trinajstić information content (AvgIpc) is 3.41. The van der Waals surface area contributed by atoms with Gasteiger partial charge in [-0.15, -0.1) is 22.7 Å². The number of likely N-dealkylation sites (N-methyl/N-ethyl adjacent to an activating group) is 1. The second-order valence-corrected chi connectivity index (χ2v) is 8.02. The third-order valence-corrected chi connectivity index (χ3v) is 6.27. The number of fused-ring (bicyclic) bond motifs is 1. The fourth-order valence-electron chi connectivity index (χ4n) is 2.99. The molecule has 0 N–H and O–H groups in total. The van der Waals surface area contributed by atoms with Gasteiger partial charge < -0.3 is 9.64 Å². The van der Waals surface area contributed by atoms with Gasteiger partial charge in [0.1, 0.15) is 15.6 Å². The summed E-state index contributed by atoms with van der Waals surface area (Å²) >= 11 is 3.08. The first kappa shape index (κ1) is 17.2. The first-order valence-electron chi connectivity index (χ1n) is 8.64. The Balaban J connectivity index is 1.48. The van der Waals surface area contributed by atoms with Gasteiger partial charge in [-0.2, -0.15) is 0 Å². The molecule has 0 fully saturated rings. The molecule has 26 heavy (non-hydrogen) atoms. The van der Waals surface area contributed by atoms with Crippen molar-refractivity contribution in [3.8, 4) is 16.3 Å². The number of carbonyl (C=O) groups excluding carboxylic acids is 1. The number of nitrogens with zero attached hydrogens (tertiary/aromatic N) is 3. The lowest BCUT2D eigenvalue weighted by Gasteiger charge is -2.19. The molecule has 0 saturated heterocycles. The SMILES string of the molecule is CCN(CCc1nccs1)C(=O)c1cnc(-c2ccc3c(c2)CCO3)s1. The Kier molecular flexibility index (Phi) is 4.99. The van der Waals surface area contributed by atoms with Crippen LogP contribution in [0.1, 0.15) is 27.2 Å². The van der Waals surface area contributed by atoms with E-state index in [1.54, 1.807) is 23.7 Å². The Labute approximate surface area is 160 Å². The molecule has 1 aromatic carbocycles. The number of hydrogen-bond acceptors (Lipinski definition) is 6. The van der Waals surface area contributed by atoms with Crippen LogP contribution in [-0.4, -0.2) is 40.5 Å². The largest absolute Gasteiger partial charge is 0.493 e. The Morgan fingerprint density at radius 2 is 2.27 bits per heavy atom. The first-order chi connectivity index (χ1) is 12.7. The van der Waals surface area contributed by atoms with Crippen molar-refractivity contribution < 1.29 is 9.53 Å². The molecule has 1 aliphatic rings. The van der Waals surface area contributed by atoms with Crippen molar-refractivity contribution in [2.45, 2.75) is 19.8 Å². The van der Waals surface area contributed by atoms with Gasteiger partial charge in [-0.1, -0.05) is 0 Å². The van der Waals surface area contributed by atoms with Crippen LogP contribution in [0.15, 0.2) is 36.0 Å². The normalized spacial score (nSPS) is 12.7. The predicted octanol–water partition coefficient (Wildman–Crippen LogP) is 3.91. The molecular weight excluding hydrogens is 366 g/mol. The van der Waals surface area contributed by atoms with Crippen LogP contribution in [-0.2, 0) is 12.8 Å². The van der Waals surface area contributed by atoms with E-state index in [0.29, 0.717) is 18.0 Å². The van der Waals surface area contributed by atoms with E-state index in [0.717, 1.165) is 40.8 Å². The zero-order chi connectivity index (χ0) is 17.9. The molecule has 1 amide bonds. The Morgan fingerprint density at radius 1 is 1.35 bits per heavy atom. The number of rotatable bonds is 6. The van der Waals surface area contributed by atoms with E-state index in [2.05, 4.69) is 16.0 Å². The van der Waals surface area contributed by atoms with Gasteiger partial charge in [0.15, 0.2) is 0 Å². The van der Waals surface area contributed by atoms with Crippen molar-refractivity contribution in [2.24, 2.45) is 0 Å². The molecule has 3 heterocycles. The van der Waals surface area contributed by atoms with Crippen molar-refractivity contribution in [3.05, 3.63) is 51.4 Å². The second kappa shape index (κ2) is 7.55. The number of ether oxygens (including phenoxy) is 1. The zero-order valence-electron chi connectivity index (χ0n) is 14.5. The molecule has 5 nitrogen and oxygen atoms in total. The van der Waals surface area contributed by atoms with Gasteiger partial charge >= 0.3 is 0 Å². The van der Waals surface area contributed by atoms with E-state index in [1.165, 1.54) is 16.9 Å². The van der Waals surface area contributed by atoms with Gasteiger partial charge in [-0.3, -0.25) is 4.79 Å². The van der Waals surface area contributed by atoms with Gasteiger partial charge in [-0.25, -0.2) is 9.97 Å². The van der Waals surface area contributed by atoms with Gasteiger partial charge in [-0.05, 0) is 30.7 Å². The summed E-state index contributed by atoms with van der Waals surface area (Å²) in [5.41, 5.74) is 2.26. The lowest BCUT2D eigenvalue weighted by atomic mass is 10.1. The van der Waals surface area contributed by atoms with E-state index < -0.39 is 0 Å². The summed E-state index contributed by atoms with van der Waals surface area (Å²) in [6, 6.07) is 6.12. The maximum atomic E-state index is 12.8. The van der Waals surface area contributed by atoms with E-state index in [-0.39, 0.29) is 5.91 Å². The number of carbonyl (C=O) groups is 1. The Morgan fingerprint density at radius 3 is 3.08 bits per heavy atom. The predicted molar refractivity (Wildman–Crippen MR) is 104 cm³/mol. The van der Waals surface area contributed by atoms with Crippen LogP contribution in [0.4, 0.5) is 0 Å². The van der Waals surface area contributed by atoms with Gasteiger partial charge in [0.2, 0.25) is 0 Å². The molecule has 0 radical (unpaired) electrons. The van der Waals surface area contributed by atoms with E-state index >= 15 is 0 Å². The summed E-state index contributed by atoms with van der Waals surface area (Å²) in [6.07, 6.45) is 5.21. The van der Waals surface area contributed by atoms with Gasteiger partial charge in [0.05, 0.1) is 17.8 Å². The molecule has 7 heteroatoms. The third-order valence-electron chi connectivity index (χ3n) is 4.40. The maximum absolute atomic E-state index is 12.8. The molecule has 4 rings (SSSR count). The van der Waals surface area contributed by atoms with Gasteiger partial charge in [0, 0.05) is 43.1 Å². The molecule has 0 bridgehead atoms. The number of hydrogen-bond donors (Lipinski definition) is 0. The Hall–Kier alpha value is -2.25. The summed E-state index contributed by atoms with van der Waals surface area (Å²) in [6.45, 7) is 4.09. The summed E-state index contributed by atoms with van der Waals surface area (Å²) < 4.78 is 5.55. The number of thiazole rings is 2. The molecule has 2 aromatic heterocycles. The molecule has 0 spiro atoms. The van der Waals surface area contributed by atoms with Crippen LogP contribution < -0.4 is 4.74 Å². The summed E-state index contributed by atoms with van der Waals surface area (Å²) in [7, 11) is 0. The van der Waals surface area contributed by atoms with E-state index in [4.69, 9.17) is 4.74 Å². The summed E-state index contributed by atoms with van der Waals surface area (Å²) in [5.74, 6) is 0.998. The molecule has 0 saturated carbocycles. The van der Waals surface area contributed by atoms with E-state index in [1.807, 2.05) is 29.3 Å². The highest BCUT2D eigenvalue weighted by Gasteiger charge is 2.19. The Bertz CT molecular complexity index is 905. The molecule has 0 unspecified atom stereocenters. The van der Waals surface area contributed by atoms with Crippen LogP contribution in [0.25, 0.3) is 10.6 Å². The molecule has 0 aliphatic carbocycles. The first-order valence-corrected chi connectivity index (χ1v) is 10.3. The van der Waals surface area contributed by atoms with Crippen molar-refractivity contribution in [3.63, 3.8) is 0 Å². The lowest BCUT2D eigenvalue weighted by molar-refractivity contribution is 0.0771. The van der Waals surface area contributed by atoms with Crippen molar-refractivity contribution >= 4 is 28.6 Å². The fourth-order valence-corrected chi connectivity index (χ4v) is 4.48. The monoisotopic (exact) mass is 385 g/mol. The van der Waals surface area contributed by atoms with Crippen LogP contribution in [0.2, 0.25) is 0 Å². The quantitative estimate of drug-likeness (QED) is 0.646. The molecular formula is C19H19N3O2S2. The average molecular weight is 386 g/mol. The maximum Gasteiger partial charge on any atom is 0.265 e. The topological polar surface area (TPSA) is 55.3 Å². The van der Waals surface area contributed by atoms with Crippen LogP contribution in [0, 0.1) is 0 Å². The lowest BCUT2D eigenvalue weighted by Crippen LogP contribution is -2.32. The minimum absolute atomic E-state index is 0.0392. The molecule has 1 aliphatic heterocycles. The van der Waals surface area contributed by atoms with Crippen molar-refractivity contribution in [1.29, 1.82) is 0 Å². The summed E-state index contributed by atoms with van der Waals surface area (Å²) in [4.78, 5) is 24.1. The highest BCUT2D eigenvalue weighted by atomic mass is 32.1. The van der Waals surface area contributed by atoms with Crippen molar-refractivity contribution in [2.75, 3.05) is 19.7 Å². The number of benzene rings is 1. The van der Waals surface area contributed by atoms with E-state index in [9.17, 15) is 4.79 Å². The third kappa shape index (κ3) is 3.50. The fraction of sp³-hybridized carbons (Fsp3) is 0.316. The number of amides is 1. The van der Waals surface area contributed by atoms with Crippen LogP contribution >= 0.6 is 22.7 Å². The van der Waals surface area contributed by atoms with Gasteiger partial charge in [0.25, 0.3) is 5.91 Å².